The van der Waals surface area contributed by atoms with Crippen molar-refractivity contribution >= 4 is 29.1 Å². The summed E-state index contributed by atoms with van der Waals surface area (Å²) in [5, 5.41) is 23.8. The van der Waals surface area contributed by atoms with Gasteiger partial charge in [-0.15, -0.1) is 0 Å². The minimum atomic E-state index is -4.79. The zero-order chi connectivity index (χ0) is 32.1. The minimum Gasteiger partial charge on any atom is -0.481 e. The van der Waals surface area contributed by atoms with E-state index in [1.54, 1.807) is 20.8 Å². The summed E-state index contributed by atoms with van der Waals surface area (Å²) in [4.78, 5) is 41.1. The molecule has 2 N–H and O–H groups in total. The number of carbonyl (C=O) groups excluding carboxylic acids is 1. The Morgan fingerprint density at radius 3 is 2.33 bits per heavy atom. The summed E-state index contributed by atoms with van der Waals surface area (Å²) in [5.74, 6) is -2.26. The Labute approximate surface area is 243 Å². The van der Waals surface area contributed by atoms with E-state index in [1.165, 1.54) is 25.3 Å². The van der Waals surface area contributed by atoms with E-state index in [2.05, 4.69) is 10.3 Å². The summed E-state index contributed by atoms with van der Waals surface area (Å²) in [6.45, 7) is 4.32. The Hall–Kier alpha value is -4.95. The standard InChI is InChI=1S/C28H28F4N4O7/c1-27(2,3)43-26(39)35(12-11-22-23(36(40)41)9-10-24(34-22)42-4)15-16-13-18(29)6-8-20(16)33-21-7-5-17(28(30,31)32)14-19(21)25(37)38/h5-10,13-14,33H,11-12,15H2,1-4H3,(H,37,38). The Balaban J connectivity index is 2.00. The van der Waals surface area contributed by atoms with Crippen molar-refractivity contribution in [3.63, 3.8) is 0 Å². The number of nitro groups is 1. The highest BCUT2D eigenvalue weighted by atomic mass is 19.4. The second-order valence-corrected chi connectivity index (χ2v) is 10.2. The molecule has 0 aliphatic heterocycles. The maximum atomic E-state index is 14.4. The number of nitrogens with one attached hydrogen (secondary N) is 1. The van der Waals surface area contributed by atoms with Gasteiger partial charge >= 0.3 is 18.2 Å². The zero-order valence-corrected chi connectivity index (χ0v) is 23.5. The Morgan fingerprint density at radius 1 is 1.07 bits per heavy atom. The first-order valence-electron chi connectivity index (χ1n) is 12.6. The van der Waals surface area contributed by atoms with Gasteiger partial charge in [0.1, 0.15) is 17.1 Å². The van der Waals surface area contributed by atoms with E-state index >= 15 is 0 Å². The highest BCUT2D eigenvalue weighted by molar-refractivity contribution is 5.95. The molecular weight excluding hydrogens is 580 g/mol. The molecule has 0 aliphatic carbocycles. The lowest BCUT2D eigenvalue weighted by atomic mass is 10.1. The molecule has 1 amide bonds. The average Bonchev–Trinajstić information content (AvgIpc) is 2.90. The number of methoxy groups -OCH3 is 1. The number of carbonyl (C=O) groups is 2. The van der Waals surface area contributed by atoms with Crippen molar-refractivity contribution in [3.8, 4) is 5.88 Å². The SMILES string of the molecule is COc1ccc([N+](=O)[O-])c(CCN(Cc2cc(F)ccc2Nc2ccc(C(F)(F)F)cc2C(=O)O)C(=O)OC(C)(C)C)n1. The number of carboxylic acids is 1. The van der Waals surface area contributed by atoms with Gasteiger partial charge in [0.2, 0.25) is 5.88 Å². The molecule has 1 aromatic heterocycles. The summed E-state index contributed by atoms with van der Waals surface area (Å²) >= 11 is 0. The maximum Gasteiger partial charge on any atom is 0.416 e. The third-order valence-electron chi connectivity index (χ3n) is 5.88. The van der Waals surface area contributed by atoms with Crippen LogP contribution in [0.1, 0.15) is 48.0 Å². The number of rotatable bonds is 10. The molecule has 0 spiro atoms. The van der Waals surface area contributed by atoms with Crippen LogP contribution in [0.4, 0.5) is 39.4 Å². The van der Waals surface area contributed by atoms with Crippen molar-refractivity contribution in [1.29, 1.82) is 0 Å². The van der Waals surface area contributed by atoms with E-state index in [4.69, 9.17) is 9.47 Å². The van der Waals surface area contributed by atoms with Gasteiger partial charge in [-0.25, -0.2) is 19.0 Å². The molecule has 15 heteroatoms. The van der Waals surface area contributed by atoms with Crippen LogP contribution < -0.4 is 10.1 Å². The number of alkyl halides is 3. The van der Waals surface area contributed by atoms with Gasteiger partial charge in [0.15, 0.2) is 0 Å². The summed E-state index contributed by atoms with van der Waals surface area (Å²) in [5.41, 5.74) is -3.15. The molecule has 0 fully saturated rings. The van der Waals surface area contributed by atoms with Crippen molar-refractivity contribution in [1.82, 2.24) is 9.88 Å². The van der Waals surface area contributed by atoms with Crippen LogP contribution in [-0.4, -0.2) is 51.2 Å². The highest BCUT2D eigenvalue weighted by Crippen LogP contribution is 2.34. The van der Waals surface area contributed by atoms with Crippen LogP contribution in [0.3, 0.4) is 0 Å². The van der Waals surface area contributed by atoms with E-state index in [0.717, 1.165) is 23.1 Å². The van der Waals surface area contributed by atoms with Gasteiger partial charge in [-0.1, -0.05) is 0 Å². The van der Waals surface area contributed by atoms with Gasteiger partial charge in [-0.3, -0.25) is 10.1 Å². The fourth-order valence-corrected chi connectivity index (χ4v) is 3.91. The summed E-state index contributed by atoms with van der Waals surface area (Å²) < 4.78 is 64.5. The van der Waals surface area contributed by atoms with E-state index in [0.29, 0.717) is 12.1 Å². The fraction of sp³-hybridized carbons (Fsp3) is 0.321. The van der Waals surface area contributed by atoms with Gasteiger partial charge in [-0.2, -0.15) is 13.2 Å². The topological polar surface area (TPSA) is 144 Å². The van der Waals surface area contributed by atoms with Crippen molar-refractivity contribution in [2.45, 2.75) is 45.5 Å². The predicted octanol–water partition coefficient (Wildman–Crippen LogP) is 6.58. The van der Waals surface area contributed by atoms with Crippen LogP contribution in [0.25, 0.3) is 0 Å². The van der Waals surface area contributed by atoms with E-state index in [9.17, 15) is 42.4 Å². The number of benzene rings is 2. The summed E-state index contributed by atoms with van der Waals surface area (Å²) in [7, 11) is 1.33. The number of aromatic nitrogens is 1. The van der Waals surface area contributed by atoms with Gasteiger partial charge in [-0.05, 0) is 62.7 Å². The molecule has 0 atom stereocenters. The summed E-state index contributed by atoms with van der Waals surface area (Å²) in [6, 6.07) is 7.93. The molecule has 230 valence electrons. The smallest absolute Gasteiger partial charge is 0.416 e. The molecule has 1 heterocycles. The fourth-order valence-electron chi connectivity index (χ4n) is 3.91. The van der Waals surface area contributed by atoms with Crippen molar-refractivity contribution in [2.75, 3.05) is 19.0 Å². The molecule has 0 radical (unpaired) electrons. The first-order chi connectivity index (χ1) is 20.0. The molecule has 3 aromatic rings. The number of pyridine rings is 1. The number of halogens is 4. The van der Waals surface area contributed by atoms with Crippen LogP contribution in [0.5, 0.6) is 5.88 Å². The molecule has 0 saturated carbocycles. The Kier molecular flexibility index (Phi) is 9.78. The van der Waals surface area contributed by atoms with E-state index in [-0.39, 0.29) is 53.7 Å². The third kappa shape index (κ3) is 8.77. The first-order valence-corrected chi connectivity index (χ1v) is 12.6. The Morgan fingerprint density at radius 2 is 1.74 bits per heavy atom. The molecular formula is C28H28F4N4O7. The van der Waals surface area contributed by atoms with Gasteiger partial charge in [0, 0.05) is 30.8 Å². The maximum absolute atomic E-state index is 14.4. The van der Waals surface area contributed by atoms with Crippen LogP contribution >= 0.6 is 0 Å². The number of amides is 1. The number of ether oxygens (including phenoxy) is 2. The molecule has 0 saturated heterocycles. The molecule has 0 unspecified atom stereocenters. The quantitative estimate of drug-likeness (QED) is 0.148. The molecule has 0 bridgehead atoms. The van der Waals surface area contributed by atoms with Crippen molar-refractivity contribution < 1.29 is 46.7 Å². The number of anilines is 2. The molecule has 3 rings (SSSR count). The number of carboxylic acid groups (broad SMARTS) is 1. The van der Waals surface area contributed by atoms with Gasteiger partial charge < -0.3 is 24.8 Å². The largest absolute Gasteiger partial charge is 0.481 e. The van der Waals surface area contributed by atoms with Crippen LogP contribution in [0, 0.1) is 15.9 Å². The van der Waals surface area contributed by atoms with E-state index < -0.39 is 45.7 Å². The summed E-state index contributed by atoms with van der Waals surface area (Å²) in [6.07, 6.45) is -5.77. The van der Waals surface area contributed by atoms with Gasteiger partial charge in [0.25, 0.3) is 5.69 Å². The monoisotopic (exact) mass is 608 g/mol. The predicted molar refractivity (Wildman–Crippen MR) is 146 cm³/mol. The molecule has 43 heavy (non-hydrogen) atoms. The molecule has 0 aliphatic rings. The second kappa shape index (κ2) is 12.9. The van der Waals surface area contributed by atoms with E-state index in [1.807, 2.05) is 0 Å². The van der Waals surface area contributed by atoms with Crippen molar-refractivity contribution in [3.05, 3.63) is 86.8 Å². The molecule has 11 nitrogen and oxygen atoms in total. The Bertz CT molecular complexity index is 1520. The normalized spacial score (nSPS) is 11.5. The second-order valence-electron chi connectivity index (χ2n) is 10.2. The lowest BCUT2D eigenvalue weighted by molar-refractivity contribution is -0.386. The first kappa shape index (κ1) is 32.6. The number of hydrogen-bond donors (Lipinski definition) is 2. The van der Waals surface area contributed by atoms with Crippen LogP contribution in [0.2, 0.25) is 0 Å². The number of aromatic carboxylic acids is 1. The van der Waals surface area contributed by atoms with Crippen LogP contribution in [-0.2, 0) is 23.9 Å². The number of hydrogen-bond acceptors (Lipinski definition) is 8. The zero-order valence-electron chi connectivity index (χ0n) is 23.5. The lowest BCUT2D eigenvalue weighted by Crippen LogP contribution is -2.38. The lowest BCUT2D eigenvalue weighted by Gasteiger charge is -2.28. The highest BCUT2D eigenvalue weighted by Gasteiger charge is 2.32. The van der Waals surface area contributed by atoms with Gasteiger partial charge in [0.05, 0.1) is 35.4 Å². The third-order valence-corrected chi connectivity index (χ3v) is 5.88. The molecule has 2 aromatic carbocycles. The van der Waals surface area contributed by atoms with Crippen LogP contribution in [0.15, 0.2) is 48.5 Å². The average molecular weight is 609 g/mol. The number of nitrogens with zero attached hydrogens (tertiary/aromatic N) is 3. The van der Waals surface area contributed by atoms with Crippen molar-refractivity contribution in [2.24, 2.45) is 0 Å². The minimum absolute atomic E-state index is 0.00588.